The van der Waals surface area contributed by atoms with Crippen molar-refractivity contribution in [1.29, 1.82) is 0 Å². The number of benzene rings is 1. The van der Waals surface area contributed by atoms with Crippen LogP contribution in [0.15, 0.2) is 42.6 Å². The number of hydrogen-bond acceptors (Lipinski definition) is 5. The quantitative estimate of drug-likeness (QED) is 0.615. The molecule has 1 unspecified atom stereocenters. The fraction of sp³-hybridized carbons (Fsp3) is 0.480. The zero-order valence-corrected chi connectivity index (χ0v) is 18.9. The molecule has 0 saturated carbocycles. The molecule has 2 saturated heterocycles. The molecule has 0 aliphatic carbocycles. The molecule has 7 nitrogen and oxygen atoms in total. The lowest BCUT2D eigenvalue weighted by Gasteiger charge is -2.35. The lowest BCUT2D eigenvalue weighted by Crippen LogP contribution is -2.50. The molecular weight excluding hydrogens is 402 g/mol. The summed E-state index contributed by atoms with van der Waals surface area (Å²) in [6.45, 7) is 9.25. The Morgan fingerprint density at radius 3 is 2.62 bits per heavy atom. The van der Waals surface area contributed by atoms with Crippen LogP contribution in [-0.4, -0.2) is 75.9 Å². The Hall–Kier alpha value is -2.77. The van der Waals surface area contributed by atoms with Crippen molar-refractivity contribution in [2.75, 3.05) is 39.3 Å². The van der Waals surface area contributed by atoms with Crippen molar-refractivity contribution < 1.29 is 9.53 Å². The van der Waals surface area contributed by atoms with Gasteiger partial charge in [-0.15, -0.1) is 0 Å². The van der Waals surface area contributed by atoms with Crippen molar-refractivity contribution in [2.24, 2.45) is 0 Å². The lowest BCUT2D eigenvalue weighted by atomic mass is 10.1. The number of rotatable bonds is 5. The van der Waals surface area contributed by atoms with E-state index in [0.717, 1.165) is 74.5 Å². The van der Waals surface area contributed by atoms with Gasteiger partial charge in [-0.2, -0.15) is 5.10 Å². The zero-order chi connectivity index (χ0) is 22.1. The number of carbonyl (C=O) groups excluding carboxylic acids is 1. The lowest BCUT2D eigenvalue weighted by molar-refractivity contribution is 0.0433. The smallest absolute Gasteiger partial charge is 0.254 e. The van der Waals surface area contributed by atoms with Crippen LogP contribution in [0.3, 0.4) is 0 Å². The van der Waals surface area contributed by atoms with Crippen LogP contribution in [0.1, 0.15) is 43.1 Å². The van der Waals surface area contributed by atoms with E-state index < -0.39 is 0 Å². The average Bonchev–Trinajstić information content (AvgIpc) is 3.49. The van der Waals surface area contributed by atoms with Gasteiger partial charge in [0.1, 0.15) is 0 Å². The minimum atomic E-state index is 0.0645. The molecule has 2 aromatic heterocycles. The van der Waals surface area contributed by atoms with E-state index in [-0.39, 0.29) is 11.9 Å². The third kappa shape index (κ3) is 4.14. The van der Waals surface area contributed by atoms with Gasteiger partial charge in [0.15, 0.2) is 5.65 Å². The summed E-state index contributed by atoms with van der Waals surface area (Å²) < 4.78 is 7.69. The zero-order valence-electron chi connectivity index (χ0n) is 18.9. The van der Waals surface area contributed by atoms with Crippen molar-refractivity contribution >= 4 is 16.9 Å². The summed E-state index contributed by atoms with van der Waals surface area (Å²) in [4.78, 5) is 22.9. The van der Waals surface area contributed by atoms with Crippen LogP contribution in [0.4, 0.5) is 0 Å². The molecule has 2 aliphatic rings. The standard InChI is InChI=1S/C25H31N5O2/c1-18(2)30-24-22(16-26-30)21(15-23(27-24)19-7-4-3-5-8-19)25(31)29-12-10-28(11-13-29)17-20-9-6-14-32-20/h3-5,7-8,15-16,18,20H,6,9-14,17H2,1-2H3. The Morgan fingerprint density at radius 2 is 1.94 bits per heavy atom. The van der Waals surface area contributed by atoms with Gasteiger partial charge in [-0.25, -0.2) is 9.67 Å². The molecule has 1 amide bonds. The fourth-order valence-corrected chi connectivity index (χ4v) is 4.71. The second-order valence-electron chi connectivity index (χ2n) is 9.07. The minimum absolute atomic E-state index is 0.0645. The first kappa shape index (κ1) is 21.1. The summed E-state index contributed by atoms with van der Waals surface area (Å²) in [7, 11) is 0. The van der Waals surface area contributed by atoms with Crippen molar-refractivity contribution in [2.45, 2.75) is 38.8 Å². The van der Waals surface area contributed by atoms with Crippen molar-refractivity contribution in [3.63, 3.8) is 0 Å². The number of nitrogens with zero attached hydrogens (tertiary/aromatic N) is 5. The third-order valence-corrected chi connectivity index (χ3v) is 6.50. The molecule has 0 N–H and O–H groups in total. The number of carbonyl (C=O) groups is 1. The Bertz CT molecular complexity index is 1080. The Balaban J connectivity index is 1.42. The molecule has 5 rings (SSSR count). The van der Waals surface area contributed by atoms with Crippen LogP contribution >= 0.6 is 0 Å². The highest BCUT2D eigenvalue weighted by Crippen LogP contribution is 2.27. The molecule has 0 spiro atoms. The van der Waals surface area contributed by atoms with Crippen molar-refractivity contribution in [3.05, 3.63) is 48.2 Å². The summed E-state index contributed by atoms with van der Waals surface area (Å²) in [6.07, 6.45) is 4.45. The fourth-order valence-electron chi connectivity index (χ4n) is 4.71. The van der Waals surface area contributed by atoms with Gasteiger partial charge in [0.25, 0.3) is 5.91 Å². The van der Waals surface area contributed by atoms with Crippen LogP contribution in [0.2, 0.25) is 0 Å². The van der Waals surface area contributed by atoms with Gasteiger partial charge in [0, 0.05) is 50.9 Å². The first-order valence-corrected chi connectivity index (χ1v) is 11.7. The molecule has 32 heavy (non-hydrogen) atoms. The van der Waals surface area contributed by atoms with Gasteiger partial charge in [-0.3, -0.25) is 9.69 Å². The number of hydrogen-bond donors (Lipinski definition) is 0. The van der Waals surface area contributed by atoms with E-state index in [4.69, 9.17) is 9.72 Å². The van der Waals surface area contributed by atoms with Gasteiger partial charge >= 0.3 is 0 Å². The first-order valence-electron chi connectivity index (χ1n) is 11.7. The highest BCUT2D eigenvalue weighted by molar-refractivity contribution is 6.06. The molecule has 3 aromatic rings. The molecule has 0 radical (unpaired) electrons. The summed E-state index contributed by atoms with van der Waals surface area (Å²) >= 11 is 0. The molecule has 168 valence electrons. The monoisotopic (exact) mass is 433 g/mol. The number of pyridine rings is 1. The second kappa shape index (κ2) is 9.00. The van der Waals surface area contributed by atoms with E-state index >= 15 is 0 Å². The van der Waals surface area contributed by atoms with Gasteiger partial charge < -0.3 is 9.64 Å². The highest BCUT2D eigenvalue weighted by atomic mass is 16.5. The van der Waals surface area contributed by atoms with Crippen molar-refractivity contribution in [1.82, 2.24) is 24.6 Å². The molecule has 0 bridgehead atoms. The summed E-state index contributed by atoms with van der Waals surface area (Å²) in [5.74, 6) is 0.0645. The SMILES string of the molecule is CC(C)n1ncc2c(C(=O)N3CCN(CC4CCCO4)CC3)cc(-c3ccccc3)nc21. The maximum absolute atomic E-state index is 13.6. The van der Waals surface area contributed by atoms with Crippen LogP contribution < -0.4 is 0 Å². The number of aromatic nitrogens is 3. The first-order chi connectivity index (χ1) is 15.6. The average molecular weight is 434 g/mol. The maximum atomic E-state index is 13.6. The summed E-state index contributed by atoms with van der Waals surface area (Å²) in [6, 6.07) is 12.1. The van der Waals surface area contributed by atoms with Crippen LogP contribution in [0.5, 0.6) is 0 Å². The number of amides is 1. The number of piperazine rings is 1. The van der Waals surface area contributed by atoms with Gasteiger partial charge in [-0.05, 0) is 32.8 Å². The van der Waals surface area contributed by atoms with E-state index in [0.29, 0.717) is 11.7 Å². The molecular formula is C25H31N5O2. The number of fused-ring (bicyclic) bond motifs is 1. The van der Waals surface area contributed by atoms with E-state index in [1.807, 2.05) is 46.0 Å². The normalized spacial score (nSPS) is 19.8. The predicted octanol–water partition coefficient (Wildman–Crippen LogP) is 3.62. The maximum Gasteiger partial charge on any atom is 0.254 e. The molecule has 4 heterocycles. The summed E-state index contributed by atoms with van der Waals surface area (Å²) in [5.41, 5.74) is 3.26. The van der Waals surface area contributed by atoms with Gasteiger partial charge in [0.2, 0.25) is 0 Å². The van der Waals surface area contributed by atoms with E-state index in [9.17, 15) is 4.79 Å². The van der Waals surface area contributed by atoms with E-state index in [1.54, 1.807) is 6.20 Å². The van der Waals surface area contributed by atoms with Gasteiger partial charge in [0.05, 0.1) is 28.9 Å². The summed E-state index contributed by atoms with van der Waals surface area (Å²) in [5, 5.41) is 5.37. The number of ether oxygens (including phenoxy) is 1. The Kier molecular flexibility index (Phi) is 5.93. The minimum Gasteiger partial charge on any atom is -0.377 e. The molecule has 1 aromatic carbocycles. The molecule has 2 fully saturated rings. The van der Waals surface area contributed by atoms with Crippen LogP contribution in [-0.2, 0) is 4.74 Å². The molecule has 2 aliphatic heterocycles. The third-order valence-electron chi connectivity index (χ3n) is 6.50. The molecule has 1 atom stereocenters. The van der Waals surface area contributed by atoms with E-state index in [1.165, 1.54) is 0 Å². The molecule has 7 heteroatoms. The second-order valence-corrected chi connectivity index (χ2v) is 9.07. The van der Waals surface area contributed by atoms with Gasteiger partial charge in [-0.1, -0.05) is 30.3 Å². The largest absolute Gasteiger partial charge is 0.377 e. The van der Waals surface area contributed by atoms with Crippen LogP contribution in [0, 0.1) is 0 Å². The Labute approximate surface area is 189 Å². The van der Waals surface area contributed by atoms with E-state index in [2.05, 4.69) is 23.8 Å². The van der Waals surface area contributed by atoms with Crippen LogP contribution in [0.25, 0.3) is 22.3 Å². The topological polar surface area (TPSA) is 63.5 Å². The Morgan fingerprint density at radius 1 is 1.16 bits per heavy atom. The van der Waals surface area contributed by atoms with Crippen molar-refractivity contribution in [3.8, 4) is 11.3 Å². The highest BCUT2D eigenvalue weighted by Gasteiger charge is 2.27. The predicted molar refractivity (Wildman–Crippen MR) is 125 cm³/mol.